The summed E-state index contributed by atoms with van der Waals surface area (Å²) in [5.74, 6) is 0.289. The van der Waals surface area contributed by atoms with Crippen LogP contribution in [0.3, 0.4) is 0 Å². The molecule has 1 heterocycles. The van der Waals surface area contributed by atoms with Gasteiger partial charge in [0.2, 0.25) is 5.91 Å². The van der Waals surface area contributed by atoms with Gasteiger partial charge in [-0.25, -0.2) is 4.79 Å². The Kier molecular flexibility index (Phi) is 6.85. The Hall–Kier alpha value is -2.82. The van der Waals surface area contributed by atoms with Crippen LogP contribution >= 0.6 is 0 Å². The summed E-state index contributed by atoms with van der Waals surface area (Å²) >= 11 is 0. The van der Waals surface area contributed by atoms with Gasteiger partial charge in [0.25, 0.3) is 0 Å². The number of hydrogen-bond acceptors (Lipinski definition) is 3. The molecule has 2 aromatic carbocycles. The zero-order valence-electron chi connectivity index (χ0n) is 15.5. The maximum absolute atomic E-state index is 12.6. The fraction of sp³-hybridized carbons (Fsp3) is 0.364. The third-order valence-electron chi connectivity index (χ3n) is 4.89. The third-order valence-corrected chi connectivity index (χ3v) is 4.89. The number of rotatable bonds is 5. The van der Waals surface area contributed by atoms with Crippen LogP contribution in [-0.4, -0.2) is 36.5 Å². The highest BCUT2D eigenvalue weighted by molar-refractivity contribution is 5.82. The van der Waals surface area contributed by atoms with E-state index in [-0.39, 0.29) is 19.1 Å². The number of hydrogen-bond donors (Lipinski definition) is 1. The fourth-order valence-electron chi connectivity index (χ4n) is 3.40. The predicted molar refractivity (Wildman–Crippen MR) is 104 cm³/mol. The SMILES string of the molecule is O=C(NCC(=O)N1CCCC[C@H](c2ccccc2)C1)OCc1ccccc1. The summed E-state index contributed by atoms with van der Waals surface area (Å²) in [6, 6.07) is 19.8. The highest BCUT2D eigenvalue weighted by Crippen LogP contribution is 2.26. The lowest BCUT2D eigenvalue weighted by atomic mass is 9.94. The minimum Gasteiger partial charge on any atom is -0.445 e. The number of benzene rings is 2. The molecule has 142 valence electrons. The molecule has 0 spiro atoms. The lowest BCUT2D eigenvalue weighted by Gasteiger charge is -2.25. The second kappa shape index (κ2) is 9.76. The van der Waals surface area contributed by atoms with Crippen LogP contribution in [0, 0.1) is 0 Å². The summed E-state index contributed by atoms with van der Waals surface area (Å²) in [7, 11) is 0. The number of ether oxygens (including phenoxy) is 1. The van der Waals surface area contributed by atoms with E-state index < -0.39 is 6.09 Å². The van der Waals surface area contributed by atoms with E-state index in [1.165, 1.54) is 5.56 Å². The minimum atomic E-state index is -0.568. The van der Waals surface area contributed by atoms with E-state index in [1.807, 2.05) is 53.4 Å². The Morgan fingerprint density at radius 1 is 1.00 bits per heavy atom. The molecule has 1 N–H and O–H groups in total. The molecule has 1 aliphatic rings. The van der Waals surface area contributed by atoms with Crippen molar-refractivity contribution in [3.8, 4) is 0 Å². The van der Waals surface area contributed by atoms with E-state index in [0.29, 0.717) is 12.5 Å². The second-order valence-electron chi connectivity index (χ2n) is 6.86. The molecule has 1 saturated heterocycles. The van der Waals surface area contributed by atoms with Gasteiger partial charge in [0.1, 0.15) is 13.2 Å². The molecule has 2 aromatic rings. The first kappa shape index (κ1) is 19.0. The Bertz CT molecular complexity index is 734. The quantitative estimate of drug-likeness (QED) is 0.878. The monoisotopic (exact) mass is 366 g/mol. The van der Waals surface area contributed by atoms with Gasteiger partial charge in [0.05, 0.1) is 0 Å². The van der Waals surface area contributed by atoms with E-state index in [0.717, 1.165) is 31.4 Å². The largest absolute Gasteiger partial charge is 0.445 e. The normalized spacial score (nSPS) is 17.0. The molecule has 0 radical (unpaired) electrons. The molecule has 5 nitrogen and oxygen atoms in total. The molecule has 1 atom stereocenters. The maximum Gasteiger partial charge on any atom is 0.407 e. The number of likely N-dealkylation sites (tertiary alicyclic amines) is 1. The second-order valence-corrected chi connectivity index (χ2v) is 6.86. The van der Waals surface area contributed by atoms with Crippen molar-refractivity contribution < 1.29 is 14.3 Å². The summed E-state index contributed by atoms with van der Waals surface area (Å²) in [5, 5.41) is 2.57. The lowest BCUT2D eigenvalue weighted by Crippen LogP contribution is -2.41. The van der Waals surface area contributed by atoms with E-state index in [2.05, 4.69) is 17.4 Å². The van der Waals surface area contributed by atoms with Gasteiger partial charge in [-0.2, -0.15) is 0 Å². The van der Waals surface area contributed by atoms with Crippen molar-refractivity contribution in [1.82, 2.24) is 10.2 Å². The standard InChI is InChI=1S/C22H26N2O3/c25-21(15-23-22(26)27-17-18-9-3-1-4-10-18)24-14-8-7-13-20(16-24)19-11-5-2-6-12-19/h1-6,9-12,20H,7-8,13-17H2,(H,23,26)/t20-/m0/s1. The zero-order valence-corrected chi connectivity index (χ0v) is 15.5. The van der Waals surface area contributed by atoms with Crippen molar-refractivity contribution in [3.05, 3.63) is 71.8 Å². The van der Waals surface area contributed by atoms with Crippen molar-refractivity contribution in [2.45, 2.75) is 31.8 Å². The van der Waals surface area contributed by atoms with Gasteiger partial charge in [0.15, 0.2) is 0 Å². The van der Waals surface area contributed by atoms with Gasteiger partial charge >= 0.3 is 6.09 Å². The summed E-state index contributed by atoms with van der Waals surface area (Å²) < 4.78 is 5.16. The van der Waals surface area contributed by atoms with Crippen molar-refractivity contribution in [3.63, 3.8) is 0 Å². The molecule has 1 aliphatic heterocycles. The highest BCUT2D eigenvalue weighted by Gasteiger charge is 2.23. The first-order chi connectivity index (χ1) is 13.2. The Morgan fingerprint density at radius 2 is 1.70 bits per heavy atom. The van der Waals surface area contributed by atoms with Gasteiger partial charge in [-0.15, -0.1) is 0 Å². The average molecular weight is 366 g/mol. The number of carbonyl (C=O) groups excluding carboxylic acids is 2. The lowest BCUT2D eigenvalue weighted by molar-refractivity contribution is -0.130. The van der Waals surface area contributed by atoms with Crippen LogP contribution in [-0.2, 0) is 16.1 Å². The van der Waals surface area contributed by atoms with Crippen LogP contribution in [0.5, 0.6) is 0 Å². The number of nitrogens with zero attached hydrogens (tertiary/aromatic N) is 1. The average Bonchev–Trinajstić information content (AvgIpc) is 2.98. The zero-order chi connectivity index (χ0) is 18.9. The number of alkyl carbamates (subject to hydrolysis) is 1. The molecule has 0 bridgehead atoms. The van der Waals surface area contributed by atoms with Crippen LogP contribution in [0.1, 0.15) is 36.3 Å². The molecule has 3 rings (SSSR count). The molecule has 0 saturated carbocycles. The van der Waals surface area contributed by atoms with Gasteiger partial charge in [-0.1, -0.05) is 67.1 Å². The van der Waals surface area contributed by atoms with E-state index in [9.17, 15) is 9.59 Å². The van der Waals surface area contributed by atoms with E-state index >= 15 is 0 Å². The van der Waals surface area contributed by atoms with Gasteiger partial charge < -0.3 is 15.0 Å². The molecule has 0 aliphatic carbocycles. The summed E-state index contributed by atoms with van der Waals surface area (Å²) in [6.07, 6.45) is 2.62. The van der Waals surface area contributed by atoms with Crippen LogP contribution in [0.4, 0.5) is 4.79 Å². The van der Waals surface area contributed by atoms with Gasteiger partial charge in [0, 0.05) is 19.0 Å². The van der Waals surface area contributed by atoms with Crippen LogP contribution in [0.2, 0.25) is 0 Å². The van der Waals surface area contributed by atoms with E-state index in [1.54, 1.807) is 0 Å². The van der Waals surface area contributed by atoms with Crippen LogP contribution in [0.15, 0.2) is 60.7 Å². The number of amides is 2. The molecule has 0 unspecified atom stereocenters. The summed E-state index contributed by atoms with van der Waals surface area (Å²) in [6.45, 7) is 1.60. The third kappa shape index (κ3) is 5.84. The fourth-order valence-corrected chi connectivity index (χ4v) is 3.40. The number of carbonyl (C=O) groups is 2. The van der Waals surface area contributed by atoms with Gasteiger partial charge in [-0.05, 0) is 24.0 Å². The molecule has 0 aromatic heterocycles. The van der Waals surface area contributed by atoms with Crippen molar-refractivity contribution in [2.75, 3.05) is 19.6 Å². The summed E-state index contributed by atoms with van der Waals surface area (Å²) in [4.78, 5) is 26.3. The Labute approximate surface area is 160 Å². The van der Waals surface area contributed by atoms with Crippen LogP contribution < -0.4 is 5.32 Å². The Morgan fingerprint density at radius 3 is 2.44 bits per heavy atom. The van der Waals surface area contributed by atoms with Crippen molar-refractivity contribution in [1.29, 1.82) is 0 Å². The highest BCUT2D eigenvalue weighted by atomic mass is 16.5. The molecular weight excluding hydrogens is 340 g/mol. The molecule has 27 heavy (non-hydrogen) atoms. The van der Waals surface area contributed by atoms with Crippen molar-refractivity contribution >= 4 is 12.0 Å². The summed E-state index contributed by atoms with van der Waals surface area (Å²) in [5.41, 5.74) is 2.18. The van der Waals surface area contributed by atoms with E-state index in [4.69, 9.17) is 4.74 Å². The molecule has 1 fully saturated rings. The molecular formula is C22H26N2O3. The Balaban J connectivity index is 1.47. The first-order valence-corrected chi connectivity index (χ1v) is 9.49. The van der Waals surface area contributed by atoms with Gasteiger partial charge in [-0.3, -0.25) is 4.79 Å². The first-order valence-electron chi connectivity index (χ1n) is 9.49. The topological polar surface area (TPSA) is 58.6 Å². The predicted octanol–water partition coefficient (Wildman–Crippen LogP) is 3.71. The minimum absolute atomic E-state index is 0.0326. The smallest absolute Gasteiger partial charge is 0.407 e. The van der Waals surface area contributed by atoms with Crippen LogP contribution in [0.25, 0.3) is 0 Å². The maximum atomic E-state index is 12.6. The molecule has 5 heteroatoms. The molecule has 2 amide bonds. The van der Waals surface area contributed by atoms with Crippen molar-refractivity contribution in [2.24, 2.45) is 0 Å². The number of nitrogens with one attached hydrogen (secondary N) is 1.